The Morgan fingerprint density at radius 3 is 2.96 bits per heavy atom. The third-order valence-corrected chi connectivity index (χ3v) is 4.13. The van der Waals surface area contributed by atoms with E-state index in [4.69, 9.17) is 8.83 Å². The number of aryl methyl sites for hydroxylation is 1. The first-order chi connectivity index (χ1) is 11.2. The van der Waals surface area contributed by atoms with Crippen molar-refractivity contribution in [2.45, 2.75) is 31.2 Å². The zero-order chi connectivity index (χ0) is 16.2. The smallest absolute Gasteiger partial charge is 0.286 e. The molecule has 3 rings (SSSR count). The van der Waals surface area contributed by atoms with E-state index in [1.54, 1.807) is 12.1 Å². The molecule has 0 radical (unpaired) electrons. The van der Waals surface area contributed by atoms with Crippen molar-refractivity contribution in [1.82, 2.24) is 10.3 Å². The average molecular weight is 330 g/mol. The number of carbonyl (C=O) groups excluding carboxylic acids is 1. The Hall–Kier alpha value is -2.21. The third-order valence-electron chi connectivity index (χ3n) is 3.28. The van der Waals surface area contributed by atoms with Crippen molar-refractivity contribution in [2.24, 2.45) is 0 Å². The molecule has 0 aliphatic rings. The molecular formula is C17H18N2O3S. The predicted molar refractivity (Wildman–Crippen MR) is 89.6 cm³/mol. The molecule has 0 aliphatic heterocycles. The normalized spacial score (nSPS) is 11.0. The lowest BCUT2D eigenvalue weighted by Crippen LogP contribution is -2.23. The predicted octanol–water partition coefficient (Wildman–Crippen LogP) is 4.16. The summed E-state index contributed by atoms with van der Waals surface area (Å²) in [6.07, 6.45) is 0.895. The first kappa shape index (κ1) is 15.7. The van der Waals surface area contributed by atoms with Gasteiger partial charge >= 0.3 is 0 Å². The lowest BCUT2D eigenvalue weighted by Gasteiger charge is -1.99. The van der Waals surface area contributed by atoms with Gasteiger partial charge in [-0.25, -0.2) is 4.98 Å². The van der Waals surface area contributed by atoms with Crippen molar-refractivity contribution in [3.8, 4) is 0 Å². The molecule has 0 atom stereocenters. The molecule has 23 heavy (non-hydrogen) atoms. The highest BCUT2D eigenvalue weighted by Crippen LogP contribution is 2.27. The van der Waals surface area contributed by atoms with Crippen LogP contribution >= 0.6 is 11.8 Å². The Morgan fingerprint density at radius 1 is 1.26 bits per heavy atom. The van der Waals surface area contributed by atoms with Crippen molar-refractivity contribution >= 4 is 28.8 Å². The summed E-state index contributed by atoms with van der Waals surface area (Å²) in [6.45, 7) is 4.67. The van der Waals surface area contributed by atoms with E-state index in [0.717, 1.165) is 28.8 Å². The van der Waals surface area contributed by atoms with Crippen LogP contribution in [0.3, 0.4) is 0 Å². The SMILES string of the molecule is CCCNC(=O)c1ccc(CSc2nc3ccc(C)cc3o2)o1. The fraction of sp³-hybridized carbons (Fsp3) is 0.294. The van der Waals surface area contributed by atoms with Crippen LogP contribution in [0.2, 0.25) is 0 Å². The maximum Gasteiger partial charge on any atom is 0.286 e. The summed E-state index contributed by atoms with van der Waals surface area (Å²) in [5.74, 6) is 1.44. The van der Waals surface area contributed by atoms with E-state index in [9.17, 15) is 4.79 Å². The molecule has 5 nitrogen and oxygen atoms in total. The quantitative estimate of drug-likeness (QED) is 0.687. The van der Waals surface area contributed by atoms with Gasteiger partial charge in [0.1, 0.15) is 11.3 Å². The van der Waals surface area contributed by atoms with Crippen LogP contribution in [0.15, 0.2) is 44.4 Å². The van der Waals surface area contributed by atoms with Gasteiger partial charge in [0.2, 0.25) is 0 Å². The lowest BCUT2D eigenvalue weighted by molar-refractivity contribution is 0.0924. The van der Waals surface area contributed by atoms with Gasteiger partial charge in [0.25, 0.3) is 11.1 Å². The second-order valence-corrected chi connectivity index (χ2v) is 6.19. The molecule has 3 aromatic rings. The number of nitrogens with zero attached hydrogens (tertiary/aromatic N) is 1. The van der Waals surface area contributed by atoms with Crippen LogP contribution in [-0.2, 0) is 5.75 Å². The number of hydrogen-bond acceptors (Lipinski definition) is 5. The molecule has 0 spiro atoms. The molecule has 0 saturated carbocycles. The number of aromatic nitrogens is 1. The number of furan rings is 1. The Bertz CT molecular complexity index is 822. The van der Waals surface area contributed by atoms with Crippen molar-refractivity contribution in [3.63, 3.8) is 0 Å². The standard InChI is InChI=1S/C17H18N2O3S/c1-3-8-18-16(20)14-7-5-12(21-14)10-23-17-19-13-6-4-11(2)9-15(13)22-17/h4-7,9H,3,8,10H2,1-2H3,(H,18,20). The number of oxazole rings is 1. The second kappa shape index (κ2) is 6.91. The van der Waals surface area contributed by atoms with Gasteiger partial charge in [-0.1, -0.05) is 24.8 Å². The molecule has 0 aliphatic carbocycles. The van der Waals surface area contributed by atoms with Crippen molar-refractivity contribution in [2.75, 3.05) is 6.54 Å². The zero-order valence-electron chi connectivity index (χ0n) is 13.1. The van der Waals surface area contributed by atoms with E-state index >= 15 is 0 Å². The summed E-state index contributed by atoms with van der Waals surface area (Å²) >= 11 is 1.44. The largest absolute Gasteiger partial charge is 0.455 e. The van der Waals surface area contributed by atoms with Crippen molar-refractivity contribution in [3.05, 3.63) is 47.4 Å². The molecule has 1 amide bonds. The Kier molecular flexibility index (Phi) is 4.71. The Morgan fingerprint density at radius 2 is 2.13 bits per heavy atom. The number of carbonyl (C=O) groups is 1. The summed E-state index contributed by atoms with van der Waals surface area (Å²) < 4.78 is 11.3. The van der Waals surface area contributed by atoms with Crippen LogP contribution in [-0.4, -0.2) is 17.4 Å². The number of thioether (sulfide) groups is 1. The highest BCUT2D eigenvalue weighted by molar-refractivity contribution is 7.98. The highest BCUT2D eigenvalue weighted by atomic mass is 32.2. The lowest BCUT2D eigenvalue weighted by atomic mass is 10.2. The number of hydrogen-bond donors (Lipinski definition) is 1. The van der Waals surface area contributed by atoms with Crippen LogP contribution in [0.5, 0.6) is 0 Å². The fourth-order valence-corrected chi connectivity index (χ4v) is 2.84. The number of benzene rings is 1. The van der Waals surface area contributed by atoms with Crippen LogP contribution in [0, 0.1) is 6.92 Å². The molecule has 0 unspecified atom stereocenters. The van der Waals surface area contributed by atoms with Crippen LogP contribution in [0.25, 0.3) is 11.1 Å². The van der Waals surface area contributed by atoms with E-state index in [0.29, 0.717) is 23.3 Å². The molecule has 2 aromatic heterocycles. The second-order valence-electron chi connectivity index (χ2n) is 5.26. The van der Waals surface area contributed by atoms with E-state index in [-0.39, 0.29) is 5.91 Å². The third kappa shape index (κ3) is 3.76. The van der Waals surface area contributed by atoms with Gasteiger partial charge in [0.15, 0.2) is 11.3 Å². The summed E-state index contributed by atoms with van der Waals surface area (Å²) in [5.41, 5.74) is 2.77. The number of rotatable bonds is 6. The van der Waals surface area contributed by atoms with Crippen LogP contribution in [0.1, 0.15) is 35.2 Å². The Labute approximate surface area is 138 Å². The van der Waals surface area contributed by atoms with E-state index in [1.807, 2.05) is 32.0 Å². The first-order valence-electron chi connectivity index (χ1n) is 7.52. The fourth-order valence-electron chi connectivity index (χ4n) is 2.11. The summed E-state index contributed by atoms with van der Waals surface area (Å²) in [5, 5.41) is 3.38. The van der Waals surface area contributed by atoms with Gasteiger partial charge in [-0.05, 0) is 43.2 Å². The summed E-state index contributed by atoms with van der Waals surface area (Å²) in [6, 6.07) is 9.42. The van der Waals surface area contributed by atoms with Crippen molar-refractivity contribution in [1.29, 1.82) is 0 Å². The molecule has 0 saturated heterocycles. The topological polar surface area (TPSA) is 68.3 Å². The minimum atomic E-state index is -0.180. The van der Waals surface area contributed by atoms with Crippen LogP contribution in [0.4, 0.5) is 0 Å². The minimum absolute atomic E-state index is 0.180. The highest BCUT2D eigenvalue weighted by Gasteiger charge is 2.12. The number of nitrogens with one attached hydrogen (secondary N) is 1. The van der Waals surface area contributed by atoms with Gasteiger partial charge in [0.05, 0.1) is 5.75 Å². The molecule has 0 fully saturated rings. The van der Waals surface area contributed by atoms with Gasteiger partial charge in [-0.2, -0.15) is 0 Å². The number of fused-ring (bicyclic) bond motifs is 1. The maximum atomic E-state index is 11.8. The Balaban J connectivity index is 1.63. The molecule has 1 aromatic carbocycles. The molecule has 6 heteroatoms. The van der Waals surface area contributed by atoms with Gasteiger partial charge in [-0.15, -0.1) is 0 Å². The molecule has 120 valence electrons. The zero-order valence-corrected chi connectivity index (χ0v) is 13.9. The van der Waals surface area contributed by atoms with Gasteiger partial charge in [-0.3, -0.25) is 4.79 Å². The van der Waals surface area contributed by atoms with E-state index < -0.39 is 0 Å². The number of amides is 1. The molecule has 2 heterocycles. The first-order valence-corrected chi connectivity index (χ1v) is 8.51. The van der Waals surface area contributed by atoms with Crippen molar-refractivity contribution < 1.29 is 13.6 Å². The minimum Gasteiger partial charge on any atom is -0.455 e. The van der Waals surface area contributed by atoms with E-state index in [1.165, 1.54) is 11.8 Å². The average Bonchev–Trinajstić information content (AvgIpc) is 3.16. The summed E-state index contributed by atoms with van der Waals surface area (Å²) in [4.78, 5) is 16.2. The van der Waals surface area contributed by atoms with Gasteiger partial charge in [0, 0.05) is 6.54 Å². The van der Waals surface area contributed by atoms with E-state index in [2.05, 4.69) is 10.3 Å². The molecule has 1 N–H and O–H groups in total. The monoisotopic (exact) mass is 330 g/mol. The molecule has 0 bridgehead atoms. The van der Waals surface area contributed by atoms with Crippen LogP contribution < -0.4 is 5.32 Å². The molecular weight excluding hydrogens is 312 g/mol. The maximum absolute atomic E-state index is 11.8. The summed E-state index contributed by atoms with van der Waals surface area (Å²) in [7, 11) is 0. The van der Waals surface area contributed by atoms with Gasteiger partial charge < -0.3 is 14.2 Å².